The van der Waals surface area contributed by atoms with E-state index in [-0.39, 0.29) is 18.4 Å². The molecule has 0 atom stereocenters. The number of amides is 2. The number of nitrogens with zero attached hydrogens (tertiary/aromatic N) is 1. The first-order valence-corrected chi connectivity index (χ1v) is 8.13. The van der Waals surface area contributed by atoms with Crippen LogP contribution in [0.2, 0.25) is 0 Å². The molecule has 2 N–H and O–H groups in total. The molecule has 2 aromatic rings. The Morgan fingerprint density at radius 3 is 2.32 bits per heavy atom. The van der Waals surface area contributed by atoms with Crippen LogP contribution in [0, 0.1) is 0 Å². The lowest BCUT2D eigenvalue weighted by atomic mass is 10.2. The highest BCUT2D eigenvalue weighted by Gasteiger charge is 2.10. The maximum absolute atomic E-state index is 12.0. The van der Waals surface area contributed by atoms with Gasteiger partial charge in [0.1, 0.15) is 5.75 Å². The van der Waals surface area contributed by atoms with E-state index in [1.165, 1.54) is 0 Å². The Bertz CT molecular complexity index is 687. The Kier molecular flexibility index (Phi) is 6.98. The van der Waals surface area contributed by atoms with Crippen molar-refractivity contribution >= 4 is 11.8 Å². The summed E-state index contributed by atoms with van der Waals surface area (Å²) < 4.78 is 5.32. The number of carbonyl (C=O) groups is 2. The van der Waals surface area contributed by atoms with Crippen LogP contribution in [0.15, 0.2) is 54.6 Å². The van der Waals surface area contributed by atoms with Gasteiger partial charge in [-0.05, 0) is 43.8 Å². The van der Waals surface area contributed by atoms with Crippen molar-refractivity contribution in [1.82, 2.24) is 15.8 Å². The number of hydrogen-bond acceptors (Lipinski definition) is 4. The molecule has 0 bridgehead atoms. The number of likely N-dealkylation sites (N-methyl/N-ethyl adjacent to an activating group) is 1. The van der Waals surface area contributed by atoms with Crippen LogP contribution in [-0.2, 0) is 11.3 Å². The molecular weight excluding hydrogens is 318 g/mol. The van der Waals surface area contributed by atoms with Gasteiger partial charge in [-0.1, -0.05) is 30.3 Å². The molecule has 0 saturated heterocycles. The summed E-state index contributed by atoms with van der Waals surface area (Å²) in [6.45, 7) is 3.29. The summed E-state index contributed by atoms with van der Waals surface area (Å²) in [5.74, 6) is 0.0467. The Hall–Kier alpha value is -2.86. The van der Waals surface area contributed by atoms with E-state index in [1.807, 2.05) is 49.2 Å². The van der Waals surface area contributed by atoms with Crippen molar-refractivity contribution in [2.45, 2.75) is 13.5 Å². The van der Waals surface area contributed by atoms with Gasteiger partial charge in [0.15, 0.2) is 0 Å². The van der Waals surface area contributed by atoms with Crippen molar-refractivity contribution < 1.29 is 14.3 Å². The molecule has 6 heteroatoms. The zero-order valence-electron chi connectivity index (χ0n) is 14.5. The number of carbonyl (C=O) groups excluding carboxylic acids is 2. The summed E-state index contributed by atoms with van der Waals surface area (Å²) in [6.07, 6.45) is 0. The summed E-state index contributed by atoms with van der Waals surface area (Å²) in [5.41, 5.74) is 6.41. The predicted molar refractivity (Wildman–Crippen MR) is 96.0 cm³/mol. The van der Waals surface area contributed by atoms with Crippen molar-refractivity contribution in [3.8, 4) is 5.75 Å². The third-order valence-corrected chi connectivity index (χ3v) is 3.45. The number of benzene rings is 2. The molecule has 0 unspecified atom stereocenters. The maximum atomic E-state index is 12.0. The first kappa shape index (κ1) is 18.5. The molecule has 0 fully saturated rings. The standard InChI is InChI=1S/C19H23N3O3/c1-3-25-17-11-9-16(10-12-17)19(24)21-20-18(23)14-22(2)13-15-7-5-4-6-8-15/h4-12H,3,13-14H2,1-2H3,(H,20,23)(H,21,24). The minimum atomic E-state index is -0.373. The number of nitrogens with one attached hydrogen (secondary N) is 2. The van der Waals surface area contributed by atoms with Gasteiger partial charge in [0, 0.05) is 12.1 Å². The van der Waals surface area contributed by atoms with E-state index < -0.39 is 0 Å². The molecule has 132 valence electrons. The van der Waals surface area contributed by atoms with Crippen molar-refractivity contribution in [2.75, 3.05) is 20.2 Å². The number of hydrazine groups is 1. The molecule has 25 heavy (non-hydrogen) atoms. The number of rotatable bonds is 7. The summed E-state index contributed by atoms with van der Waals surface area (Å²) in [6, 6.07) is 16.6. The second-order valence-electron chi connectivity index (χ2n) is 5.62. The quantitative estimate of drug-likeness (QED) is 0.756. The molecule has 0 saturated carbocycles. The molecule has 0 aromatic heterocycles. The molecule has 0 spiro atoms. The van der Waals surface area contributed by atoms with E-state index >= 15 is 0 Å². The fourth-order valence-corrected chi connectivity index (χ4v) is 2.30. The van der Waals surface area contributed by atoms with E-state index in [4.69, 9.17) is 4.74 Å². The highest BCUT2D eigenvalue weighted by atomic mass is 16.5. The highest BCUT2D eigenvalue weighted by molar-refractivity contribution is 5.95. The largest absolute Gasteiger partial charge is 0.494 e. The van der Waals surface area contributed by atoms with Gasteiger partial charge in [-0.15, -0.1) is 0 Å². The second-order valence-corrected chi connectivity index (χ2v) is 5.62. The summed E-state index contributed by atoms with van der Waals surface area (Å²) in [7, 11) is 1.85. The lowest BCUT2D eigenvalue weighted by Crippen LogP contribution is -2.45. The first-order chi connectivity index (χ1) is 12.1. The molecule has 2 rings (SSSR count). The van der Waals surface area contributed by atoms with Gasteiger partial charge >= 0.3 is 0 Å². The van der Waals surface area contributed by atoms with E-state index in [1.54, 1.807) is 24.3 Å². The molecule has 0 aliphatic heterocycles. The molecule has 6 nitrogen and oxygen atoms in total. The minimum absolute atomic E-state index is 0.179. The molecule has 0 radical (unpaired) electrons. The molecule has 2 amide bonds. The van der Waals surface area contributed by atoms with Crippen LogP contribution in [0.25, 0.3) is 0 Å². The van der Waals surface area contributed by atoms with E-state index in [0.29, 0.717) is 24.5 Å². The fraction of sp³-hybridized carbons (Fsp3) is 0.263. The van der Waals surface area contributed by atoms with Gasteiger partial charge in [0.05, 0.1) is 13.2 Å². The molecule has 2 aromatic carbocycles. The molecular formula is C19H23N3O3. The van der Waals surface area contributed by atoms with Gasteiger partial charge < -0.3 is 4.74 Å². The van der Waals surface area contributed by atoms with Crippen LogP contribution in [-0.4, -0.2) is 36.9 Å². The van der Waals surface area contributed by atoms with Crippen LogP contribution in [0.5, 0.6) is 5.75 Å². The summed E-state index contributed by atoms with van der Waals surface area (Å²) in [4.78, 5) is 25.8. The Morgan fingerprint density at radius 1 is 1.00 bits per heavy atom. The smallest absolute Gasteiger partial charge is 0.269 e. The fourth-order valence-electron chi connectivity index (χ4n) is 2.30. The number of hydrogen-bond donors (Lipinski definition) is 2. The zero-order chi connectivity index (χ0) is 18.1. The van der Waals surface area contributed by atoms with E-state index in [9.17, 15) is 9.59 Å². The topological polar surface area (TPSA) is 70.7 Å². The van der Waals surface area contributed by atoms with Gasteiger partial charge in [-0.25, -0.2) is 0 Å². The highest BCUT2D eigenvalue weighted by Crippen LogP contribution is 2.11. The van der Waals surface area contributed by atoms with Crippen LogP contribution in [0.4, 0.5) is 0 Å². The van der Waals surface area contributed by atoms with Gasteiger partial charge in [0.25, 0.3) is 11.8 Å². The van der Waals surface area contributed by atoms with Crippen molar-refractivity contribution in [3.63, 3.8) is 0 Å². The van der Waals surface area contributed by atoms with Crippen LogP contribution in [0.3, 0.4) is 0 Å². The summed E-state index contributed by atoms with van der Waals surface area (Å²) >= 11 is 0. The molecule has 0 aliphatic carbocycles. The van der Waals surface area contributed by atoms with Crippen LogP contribution < -0.4 is 15.6 Å². The van der Waals surface area contributed by atoms with Crippen LogP contribution >= 0.6 is 0 Å². The maximum Gasteiger partial charge on any atom is 0.269 e. The van der Waals surface area contributed by atoms with Gasteiger partial charge in [0.2, 0.25) is 0 Å². The average Bonchev–Trinajstić information content (AvgIpc) is 2.61. The normalized spacial score (nSPS) is 10.4. The molecule has 0 aliphatic rings. The third kappa shape index (κ3) is 6.27. The van der Waals surface area contributed by atoms with Crippen molar-refractivity contribution in [2.24, 2.45) is 0 Å². The predicted octanol–water partition coefficient (Wildman–Crippen LogP) is 1.98. The average molecular weight is 341 g/mol. The molecule has 0 heterocycles. The minimum Gasteiger partial charge on any atom is -0.494 e. The Morgan fingerprint density at radius 2 is 1.68 bits per heavy atom. The lowest BCUT2D eigenvalue weighted by Gasteiger charge is -2.16. The van der Waals surface area contributed by atoms with Crippen molar-refractivity contribution in [1.29, 1.82) is 0 Å². The summed E-state index contributed by atoms with van der Waals surface area (Å²) in [5, 5.41) is 0. The second kappa shape index (κ2) is 9.44. The Balaban J connectivity index is 1.76. The lowest BCUT2D eigenvalue weighted by molar-refractivity contribution is -0.122. The van der Waals surface area contributed by atoms with Gasteiger partial charge in [-0.3, -0.25) is 25.3 Å². The first-order valence-electron chi connectivity index (χ1n) is 8.13. The zero-order valence-corrected chi connectivity index (χ0v) is 14.5. The van der Waals surface area contributed by atoms with Crippen LogP contribution in [0.1, 0.15) is 22.8 Å². The Labute approximate surface area is 147 Å². The third-order valence-electron chi connectivity index (χ3n) is 3.45. The monoisotopic (exact) mass is 341 g/mol. The number of ether oxygens (including phenoxy) is 1. The van der Waals surface area contributed by atoms with E-state index in [0.717, 1.165) is 5.56 Å². The van der Waals surface area contributed by atoms with Crippen molar-refractivity contribution in [3.05, 3.63) is 65.7 Å². The van der Waals surface area contributed by atoms with Gasteiger partial charge in [-0.2, -0.15) is 0 Å². The SMILES string of the molecule is CCOc1ccc(C(=O)NNC(=O)CN(C)Cc2ccccc2)cc1. The van der Waals surface area contributed by atoms with E-state index in [2.05, 4.69) is 10.9 Å².